The molecule has 0 saturated carbocycles. The second kappa shape index (κ2) is 9.35. The number of hydrogen-bond donors (Lipinski definition) is 1. The van der Waals surface area contributed by atoms with Crippen LogP contribution < -0.4 is 5.32 Å². The summed E-state index contributed by atoms with van der Waals surface area (Å²) >= 11 is 0. The molecule has 0 radical (unpaired) electrons. The SMILES string of the molecule is Cc1nc(-c2ccccc2)ccc1C(=O)NC1CCN(Cc2ccc(F)c(F)c2)CC1. The third kappa shape index (κ3) is 5.14. The smallest absolute Gasteiger partial charge is 0.253 e. The van der Waals surface area contributed by atoms with E-state index in [4.69, 9.17) is 0 Å². The maximum absolute atomic E-state index is 13.4. The summed E-state index contributed by atoms with van der Waals surface area (Å²) in [6, 6.07) is 17.7. The Morgan fingerprint density at radius 2 is 1.77 bits per heavy atom. The minimum absolute atomic E-state index is 0.0851. The first-order valence-electron chi connectivity index (χ1n) is 10.5. The van der Waals surface area contributed by atoms with Crippen LogP contribution in [0.3, 0.4) is 0 Å². The lowest BCUT2D eigenvalue weighted by molar-refractivity contribution is 0.0908. The molecule has 0 atom stereocenters. The van der Waals surface area contributed by atoms with Crippen LogP contribution in [-0.2, 0) is 6.54 Å². The molecule has 31 heavy (non-hydrogen) atoms. The Labute approximate surface area is 180 Å². The Bertz CT molecular complexity index is 1060. The predicted molar refractivity (Wildman–Crippen MR) is 117 cm³/mol. The first kappa shape index (κ1) is 21.1. The van der Waals surface area contributed by atoms with E-state index in [0.29, 0.717) is 17.8 Å². The lowest BCUT2D eigenvalue weighted by Gasteiger charge is -2.32. The summed E-state index contributed by atoms with van der Waals surface area (Å²) in [4.78, 5) is 19.6. The Hall–Kier alpha value is -3.12. The van der Waals surface area contributed by atoms with E-state index in [1.807, 2.05) is 49.4 Å². The first-order valence-corrected chi connectivity index (χ1v) is 10.5. The molecule has 4 rings (SSSR count). The molecule has 0 bridgehead atoms. The molecule has 0 aliphatic carbocycles. The molecule has 2 aromatic carbocycles. The zero-order valence-corrected chi connectivity index (χ0v) is 17.4. The zero-order valence-electron chi connectivity index (χ0n) is 17.4. The van der Waals surface area contributed by atoms with Gasteiger partial charge in [0.25, 0.3) is 5.91 Å². The third-order valence-electron chi connectivity index (χ3n) is 5.71. The normalized spacial score (nSPS) is 15.1. The van der Waals surface area contributed by atoms with Crippen molar-refractivity contribution < 1.29 is 13.6 Å². The molecule has 4 nitrogen and oxygen atoms in total. The molecular formula is C25H25F2N3O. The maximum atomic E-state index is 13.4. The molecule has 1 fully saturated rings. The van der Waals surface area contributed by atoms with Crippen LogP contribution in [0.15, 0.2) is 60.7 Å². The lowest BCUT2D eigenvalue weighted by Crippen LogP contribution is -2.44. The quantitative estimate of drug-likeness (QED) is 0.648. The van der Waals surface area contributed by atoms with Gasteiger partial charge < -0.3 is 5.32 Å². The molecule has 1 amide bonds. The van der Waals surface area contributed by atoms with Gasteiger partial charge in [-0.25, -0.2) is 8.78 Å². The van der Waals surface area contributed by atoms with Crippen molar-refractivity contribution in [1.82, 2.24) is 15.2 Å². The van der Waals surface area contributed by atoms with Crippen LogP contribution in [0, 0.1) is 18.6 Å². The monoisotopic (exact) mass is 421 g/mol. The number of benzene rings is 2. The highest BCUT2D eigenvalue weighted by molar-refractivity contribution is 5.95. The number of rotatable bonds is 5. The van der Waals surface area contributed by atoms with Crippen molar-refractivity contribution in [2.75, 3.05) is 13.1 Å². The summed E-state index contributed by atoms with van der Waals surface area (Å²) in [5, 5.41) is 3.12. The summed E-state index contributed by atoms with van der Waals surface area (Å²) in [5.74, 6) is -1.75. The average molecular weight is 421 g/mol. The fraction of sp³-hybridized carbons (Fsp3) is 0.280. The number of amides is 1. The maximum Gasteiger partial charge on any atom is 0.253 e. The van der Waals surface area contributed by atoms with Crippen molar-refractivity contribution in [3.63, 3.8) is 0 Å². The Morgan fingerprint density at radius 3 is 2.45 bits per heavy atom. The topological polar surface area (TPSA) is 45.2 Å². The number of carbonyl (C=O) groups excluding carboxylic acids is 1. The fourth-order valence-corrected chi connectivity index (χ4v) is 3.97. The number of halogens is 2. The second-order valence-electron chi connectivity index (χ2n) is 7.97. The van der Waals surface area contributed by atoms with Gasteiger partial charge in [0, 0.05) is 31.2 Å². The van der Waals surface area contributed by atoms with Gasteiger partial charge in [-0.3, -0.25) is 14.7 Å². The van der Waals surface area contributed by atoms with Gasteiger partial charge in [-0.1, -0.05) is 36.4 Å². The van der Waals surface area contributed by atoms with E-state index in [2.05, 4.69) is 15.2 Å². The molecule has 2 heterocycles. The van der Waals surface area contributed by atoms with E-state index in [9.17, 15) is 13.6 Å². The number of likely N-dealkylation sites (tertiary alicyclic amines) is 1. The number of piperidine rings is 1. The van der Waals surface area contributed by atoms with E-state index < -0.39 is 11.6 Å². The Balaban J connectivity index is 1.32. The highest BCUT2D eigenvalue weighted by Gasteiger charge is 2.22. The highest BCUT2D eigenvalue weighted by Crippen LogP contribution is 2.20. The lowest BCUT2D eigenvalue weighted by atomic mass is 10.0. The van der Waals surface area contributed by atoms with E-state index in [1.165, 1.54) is 6.07 Å². The number of nitrogens with zero attached hydrogens (tertiary/aromatic N) is 2. The second-order valence-corrected chi connectivity index (χ2v) is 7.97. The zero-order chi connectivity index (χ0) is 21.8. The van der Waals surface area contributed by atoms with Crippen LogP contribution in [0.4, 0.5) is 8.78 Å². The average Bonchev–Trinajstić information content (AvgIpc) is 2.78. The summed E-state index contributed by atoms with van der Waals surface area (Å²) < 4.78 is 26.5. The van der Waals surface area contributed by atoms with E-state index in [-0.39, 0.29) is 11.9 Å². The van der Waals surface area contributed by atoms with Gasteiger partial charge in [0.15, 0.2) is 11.6 Å². The Morgan fingerprint density at radius 1 is 1.03 bits per heavy atom. The highest BCUT2D eigenvalue weighted by atomic mass is 19.2. The number of nitrogens with one attached hydrogen (secondary N) is 1. The molecule has 160 valence electrons. The van der Waals surface area contributed by atoms with Crippen LogP contribution in [0.25, 0.3) is 11.3 Å². The van der Waals surface area contributed by atoms with Crippen molar-refractivity contribution in [2.24, 2.45) is 0 Å². The van der Waals surface area contributed by atoms with Gasteiger partial charge in [-0.2, -0.15) is 0 Å². The minimum atomic E-state index is -0.827. The van der Waals surface area contributed by atoms with Gasteiger partial charge in [-0.05, 0) is 49.6 Å². The molecule has 1 saturated heterocycles. The van der Waals surface area contributed by atoms with Crippen LogP contribution >= 0.6 is 0 Å². The summed E-state index contributed by atoms with van der Waals surface area (Å²) in [7, 11) is 0. The van der Waals surface area contributed by atoms with E-state index >= 15 is 0 Å². The van der Waals surface area contributed by atoms with Crippen LogP contribution in [-0.4, -0.2) is 34.9 Å². The number of aryl methyl sites for hydroxylation is 1. The molecule has 0 unspecified atom stereocenters. The molecule has 1 N–H and O–H groups in total. The number of hydrogen-bond acceptors (Lipinski definition) is 3. The standard InChI is InChI=1S/C25H25F2N3O/c1-17-21(8-10-24(28-17)19-5-3-2-4-6-19)25(31)29-20-11-13-30(14-12-20)16-18-7-9-22(26)23(27)15-18/h2-10,15,20H,11-14,16H2,1H3,(H,29,31). The number of aromatic nitrogens is 1. The van der Waals surface area contributed by atoms with Crippen molar-refractivity contribution in [3.8, 4) is 11.3 Å². The van der Waals surface area contributed by atoms with Crippen LogP contribution in [0.1, 0.15) is 34.5 Å². The van der Waals surface area contributed by atoms with E-state index in [1.54, 1.807) is 6.07 Å². The first-order chi connectivity index (χ1) is 15.0. The van der Waals surface area contributed by atoms with Crippen LogP contribution in [0.2, 0.25) is 0 Å². The molecule has 1 aromatic heterocycles. The van der Waals surface area contributed by atoms with Crippen molar-refractivity contribution >= 4 is 5.91 Å². The molecule has 1 aliphatic rings. The van der Waals surface area contributed by atoms with Gasteiger partial charge in [0.2, 0.25) is 0 Å². The van der Waals surface area contributed by atoms with Gasteiger partial charge >= 0.3 is 0 Å². The largest absolute Gasteiger partial charge is 0.349 e. The molecule has 1 aliphatic heterocycles. The van der Waals surface area contributed by atoms with Gasteiger partial charge in [0.05, 0.1) is 17.0 Å². The van der Waals surface area contributed by atoms with Gasteiger partial charge in [0.1, 0.15) is 0 Å². The summed E-state index contributed by atoms with van der Waals surface area (Å²) in [5.41, 5.74) is 3.91. The third-order valence-corrected chi connectivity index (χ3v) is 5.71. The van der Waals surface area contributed by atoms with E-state index in [0.717, 1.165) is 48.8 Å². The van der Waals surface area contributed by atoms with Crippen molar-refractivity contribution in [2.45, 2.75) is 32.4 Å². The molecular weight excluding hydrogens is 396 g/mol. The fourth-order valence-electron chi connectivity index (χ4n) is 3.97. The van der Waals surface area contributed by atoms with Crippen LogP contribution in [0.5, 0.6) is 0 Å². The minimum Gasteiger partial charge on any atom is -0.349 e. The Kier molecular flexibility index (Phi) is 6.37. The van der Waals surface area contributed by atoms with Gasteiger partial charge in [-0.15, -0.1) is 0 Å². The number of carbonyl (C=O) groups is 1. The summed E-state index contributed by atoms with van der Waals surface area (Å²) in [6.07, 6.45) is 1.62. The molecule has 6 heteroatoms. The summed E-state index contributed by atoms with van der Waals surface area (Å²) in [6.45, 7) is 4.00. The van der Waals surface area contributed by atoms with Crippen molar-refractivity contribution in [1.29, 1.82) is 0 Å². The molecule has 0 spiro atoms. The molecule has 3 aromatic rings. The van der Waals surface area contributed by atoms with Crippen molar-refractivity contribution in [3.05, 3.63) is 89.1 Å². The number of pyridine rings is 1. The predicted octanol–water partition coefficient (Wildman–Crippen LogP) is 4.73.